The summed E-state index contributed by atoms with van der Waals surface area (Å²) in [5, 5.41) is 7.89. The minimum absolute atomic E-state index is 0.263. The van der Waals surface area contributed by atoms with Crippen LogP contribution in [-0.2, 0) is 0 Å². The molecule has 0 bridgehead atoms. The van der Waals surface area contributed by atoms with Gasteiger partial charge in [-0.25, -0.2) is 0 Å². The number of hydrogen-bond donors (Lipinski definition) is 1. The molecule has 1 saturated carbocycles. The van der Waals surface area contributed by atoms with Crippen molar-refractivity contribution in [3.8, 4) is 0 Å². The quantitative estimate of drug-likeness (QED) is 0.836. The van der Waals surface area contributed by atoms with Crippen molar-refractivity contribution < 1.29 is 0 Å². The molecule has 0 aliphatic heterocycles. The summed E-state index contributed by atoms with van der Waals surface area (Å²) in [5.41, 5.74) is 7.60. The van der Waals surface area contributed by atoms with Gasteiger partial charge in [-0.2, -0.15) is 0 Å². The maximum atomic E-state index is 5.82. The highest BCUT2D eigenvalue weighted by Gasteiger charge is 2.34. The maximum Gasteiger partial charge on any atom is 0.174 e. The monoisotopic (exact) mass is 215 g/mol. The van der Waals surface area contributed by atoms with Crippen LogP contribution in [0.3, 0.4) is 0 Å². The molecule has 1 aromatic rings. The molecule has 13 heavy (non-hydrogen) atoms. The normalized spacial score (nSPS) is 20.7. The minimum Gasteiger partial charge on any atom is -0.329 e. The van der Waals surface area contributed by atoms with Crippen molar-refractivity contribution in [2.45, 2.75) is 34.8 Å². The summed E-state index contributed by atoms with van der Waals surface area (Å²) < 4.78 is 1.33. The molecule has 0 spiro atoms. The average Bonchev–Trinajstić information content (AvgIpc) is 2.77. The van der Waals surface area contributed by atoms with Crippen molar-refractivity contribution in [3.63, 3.8) is 0 Å². The Morgan fingerprint density at radius 1 is 1.54 bits per heavy atom. The highest BCUT2D eigenvalue weighted by molar-refractivity contribution is 8.02. The van der Waals surface area contributed by atoms with Crippen LogP contribution in [0.1, 0.15) is 25.7 Å². The van der Waals surface area contributed by atoms with Crippen LogP contribution in [0.4, 0.5) is 0 Å². The van der Waals surface area contributed by atoms with E-state index >= 15 is 0 Å². The lowest BCUT2D eigenvalue weighted by Gasteiger charge is -2.24. The van der Waals surface area contributed by atoms with Crippen molar-refractivity contribution >= 4 is 23.1 Å². The summed E-state index contributed by atoms with van der Waals surface area (Å²) in [6, 6.07) is 0. The van der Waals surface area contributed by atoms with Gasteiger partial charge in [0.05, 0.1) is 0 Å². The zero-order chi connectivity index (χ0) is 9.15. The molecular formula is C8H13N3S2. The lowest BCUT2D eigenvalue weighted by atomic mass is 10.1. The van der Waals surface area contributed by atoms with E-state index in [1.54, 1.807) is 16.8 Å². The third-order valence-electron chi connectivity index (χ3n) is 2.53. The highest BCUT2D eigenvalue weighted by Crippen LogP contribution is 2.44. The second kappa shape index (κ2) is 3.94. The molecule has 2 N–H and O–H groups in total. The Labute approximate surface area is 86.1 Å². The molecule has 1 aliphatic carbocycles. The van der Waals surface area contributed by atoms with Crippen molar-refractivity contribution in [2.24, 2.45) is 5.73 Å². The second-order valence-electron chi connectivity index (χ2n) is 3.40. The Hall–Kier alpha value is -0.130. The molecule has 0 amide bonds. The van der Waals surface area contributed by atoms with Gasteiger partial charge in [0.15, 0.2) is 4.34 Å². The summed E-state index contributed by atoms with van der Waals surface area (Å²) in [6.45, 7) is 0.761. The second-order valence-corrected chi connectivity index (χ2v) is 5.95. The molecule has 1 heterocycles. The van der Waals surface area contributed by atoms with E-state index in [1.165, 1.54) is 25.7 Å². The lowest BCUT2D eigenvalue weighted by molar-refractivity contribution is 0.618. The molecule has 2 rings (SSSR count). The van der Waals surface area contributed by atoms with Gasteiger partial charge in [-0.05, 0) is 12.8 Å². The fourth-order valence-corrected chi connectivity index (χ4v) is 3.92. The zero-order valence-corrected chi connectivity index (χ0v) is 9.03. The summed E-state index contributed by atoms with van der Waals surface area (Å²) in [6.07, 6.45) is 5.08. The number of hydrogen-bond acceptors (Lipinski definition) is 5. The molecule has 0 atom stereocenters. The number of nitrogens with two attached hydrogens (primary N) is 1. The number of rotatable bonds is 3. The molecule has 5 heteroatoms. The molecule has 1 aromatic heterocycles. The number of thioether (sulfide) groups is 1. The molecule has 0 saturated heterocycles. The first-order valence-corrected chi connectivity index (χ1v) is 6.19. The Morgan fingerprint density at radius 2 is 2.31 bits per heavy atom. The van der Waals surface area contributed by atoms with Crippen LogP contribution in [0.15, 0.2) is 9.85 Å². The van der Waals surface area contributed by atoms with Crippen molar-refractivity contribution in [1.29, 1.82) is 0 Å². The number of aromatic nitrogens is 2. The van der Waals surface area contributed by atoms with Gasteiger partial charge in [0, 0.05) is 11.3 Å². The van der Waals surface area contributed by atoms with Crippen LogP contribution >= 0.6 is 23.1 Å². The van der Waals surface area contributed by atoms with Gasteiger partial charge in [0.2, 0.25) is 0 Å². The van der Waals surface area contributed by atoms with E-state index < -0.39 is 0 Å². The maximum absolute atomic E-state index is 5.82. The van der Waals surface area contributed by atoms with E-state index in [-0.39, 0.29) is 4.75 Å². The van der Waals surface area contributed by atoms with Gasteiger partial charge in [0.1, 0.15) is 5.51 Å². The minimum atomic E-state index is 0.263. The molecular weight excluding hydrogens is 202 g/mol. The third kappa shape index (κ3) is 2.03. The standard InChI is InChI=1S/C8H13N3S2/c9-5-8(3-1-2-4-8)13-7-11-10-6-12-7/h6H,1-5,9H2. The first-order valence-electron chi connectivity index (χ1n) is 4.50. The fourth-order valence-electron chi connectivity index (χ4n) is 1.76. The van der Waals surface area contributed by atoms with E-state index in [4.69, 9.17) is 5.73 Å². The Bertz CT molecular complexity index is 254. The van der Waals surface area contributed by atoms with Gasteiger partial charge in [0.25, 0.3) is 0 Å². The summed E-state index contributed by atoms with van der Waals surface area (Å²) in [4.78, 5) is 0. The summed E-state index contributed by atoms with van der Waals surface area (Å²) in [7, 11) is 0. The van der Waals surface area contributed by atoms with Crippen LogP contribution < -0.4 is 5.73 Å². The smallest absolute Gasteiger partial charge is 0.174 e. The van der Waals surface area contributed by atoms with Gasteiger partial charge in [-0.3, -0.25) is 0 Å². The van der Waals surface area contributed by atoms with Crippen LogP contribution in [0, 0.1) is 0 Å². The predicted octanol–water partition coefficient (Wildman–Crippen LogP) is 1.90. The van der Waals surface area contributed by atoms with Crippen LogP contribution in [0.25, 0.3) is 0 Å². The molecule has 72 valence electrons. The molecule has 0 aromatic carbocycles. The van der Waals surface area contributed by atoms with E-state index in [2.05, 4.69) is 10.2 Å². The predicted molar refractivity (Wildman–Crippen MR) is 56.0 cm³/mol. The Balaban J connectivity index is 2.06. The van der Waals surface area contributed by atoms with E-state index in [0.29, 0.717) is 0 Å². The van der Waals surface area contributed by atoms with Gasteiger partial charge in [-0.15, -0.1) is 10.2 Å². The number of nitrogens with zero attached hydrogens (tertiary/aromatic N) is 2. The third-order valence-corrected chi connectivity index (χ3v) is 4.82. The summed E-state index contributed by atoms with van der Waals surface area (Å²) in [5.74, 6) is 0. The molecule has 0 radical (unpaired) electrons. The highest BCUT2D eigenvalue weighted by atomic mass is 32.2. The lowest BCUT2D eigenvalue weighted by Crippen LogP contribution is -2.30. The van der Waals surface area contributed by atoms with E-state index in [1.807, 2.05) is 11.8 Å². The van der Waals surface area contributed by atoms with E-state index in [9.17, 15) is 0 Å². The van der Waals surface area contributed by atoms with Gasteiger partial charge >= 0.3 is 0 Å². The molecule has 1 fully saturated rings. The Morgan fingerprint density at radius 3 is 2.85 bits per heavy atom. The topological polar surface area (TPSA) is 51.8 Å². The molecule has 1 aliphatic rings. The van der Waals surface area contributed by atoms with Crippen LogP contribution in [-0.4, -0.2) is 21.5 Å². The summed E-state index contributed by atoms with van der Waals surface area (Å²) >= 11 is 3.43. The first-order chi connectivity index (χ1) is 6.35. The van der Waals surface area contributed by atoms with Crippen molar-refractivity contribution in [2.75, 3.05) is 6.54 Å². The zero-order valence-electron chi connectivity index (χ0n) is 7.40. The van der Waals surface area contributed by atoms with Crippen LogP contribution in [0.5, 0.6) is 0 Å². The average molecular weight is 215 g/mol. The van der Waals surface area contributed by atoms with Crippen LogP contribution in [0.2, 0.25) is 0 Å². The van der Waals surface area contributed by atoms with E-state index in [0.717, 1.165) is 10.9 Å². The molecule has 0 unspecified atom stereocenters. The molecule has 3 nitrogen and oxygen atoms in total. The van der Waals surface area contributed by atoms with Gasteiger partial charge < -0.3 is 5.73 Å². The van der Waals surface area contributed by atoms with Crippen molar-refractivity contribution in [3.05, 3.63) is 5.51 Å². The van der Waals surface area contributed by atoms with Crippen molar-refractivity contribution in [1.82, 2.24) is 10.2 Å². The SMILES string of the molecule is NCC1(Sc2nncs2)CCCC1. The largest absolute Gasteiger partial charge is 0.329 e. The van der Waals surface area contributed by atoms with Gasteiger partial charge in [-0.1, -0.05) is 35.9 Å². The first kappa shape index (κ1) is 9.43. The Kier molecular flexibility index (Phi) is 2.86. The fraction of sp³-hybridized carbons (Fsp3) is 0.750.